The van der Waals surface area contributed by atoms with Gasteiger partial charge in [-0.25, -0.2) is 8.42 Å². The Balaban J connectivity index is 2.11. The molecule has 130 valence electrons. The molecule has 1 unspecified atom stereocenters. The molecule has 0 bridgehead atoms. The molecule has 1 fully saturated rings. The van der Waals surface area contributed by atoms with Gasteiger partial charge in [0.2, 0.25) is 0 Å². The number of rotatable bonds is 4. The summed E-state index contributed by atoms with van der Waals surface area (Å²) in [5.41, 5.74) is -1.45. The zero-order valence-corrected chi connectivity index (χ0v) is 13.4. The highest BCUT2D eigenvalue weighted by Crippen LogP contribution is 2.45. The molecule has 1 aliphatic rings. The molecule has 1 heterocycles. The van der Waals surface area contributed by atoms with E-state index in [-0.39, 0.29) is 11.5 Å². The van der Waals surface area contributed by atoms with Gasteiger partial charge in [-0.3, -0.25) is 0 Å². The van der Waals surface area contributed by atoms with Gasteiger partial charge >= 0.3 is 6.18 Å². The second-order valence-electron chi connectivity index (χ2n) is 5.84. The van der Waals surface area contributed by atoms with Gasteiger partial charge in [0.1, 0.15) is 11.9 Å². The molecule has 5 nitrogen and oxygen atoms in total. The summed E-state index contributed by atoms with van der Waals surface area (Å²) in [6, 6.07) is 2.57. The lowest BCUT2D eigenvalue weighted by molar-refractivity contribution is -0.139. The van der Waals surface area contributed by atoms with Crippen molar-refractivity contribution in [2.45, 2.75) is 35.9 Å². The molecule has 1 aromatic heterocycles. The molecule has 1 N–H and O–H groups in total. The molecular formula is C15H14F3NO4S. The normalized spacial score (nSPS) is 17.0. The van der Waals surface area contributed by atoms with Crippen molar-refractivity contribution in [3.8, 4) is 0 Å². The first-order valence-corrected chi connectivity index (χ1v) is 9.02. The van der Waals surface area contributed by atoms with Gasteiger partial charge < -0.3 is 9.63 Å². The highest BCUT2D eigenvalue weighted by Gasteiger charge is 2.38. The van der Waals surface area contributed by atoms with Crippen molar-refractivity contribution in [1.82, 2.24) is 5.16 Å². The van der Waals surface area contributed by atoms with E-state index in [9.17, 15) is 26.7 Å². The summed E-state index contributed by atoms with van der Waals surface area (Å²) in [4.78, 5) is -0.460. The number of aromatic nitrogens is 1. The fourth-order valence-electron chi connectivity index (χ4n) is 2.53. The fraction of sp³-hybridized carbons (Fsp3) is 0.400. The summed E-state index contributed by atoms with van der Waals surface area (Å²) in [6.07, 6.45) is -2.74. The number of benzene rings is 1. The second kappa shape index (κ2) is 5.59. The molecule has 1 saturated carbocycles. The Labute approximate surface area is 136 Å². The van der Waals surface area contributed by atoms with Gasteiger partial charge in [0.15, 0.2) is 9.84 Å². The molecule has 0 amide bonds. The van der Waals surface area contributed by atoms with Crippen molar-refractivity contribution in [2.75, 3.05) is 6.26 Å². The fourth-order valence-corrected chi connectivity index (χ4v) is 3.18. The molecule has 3 rings (SSSR count). The van der Waals surface area contributed by atoms with E-state index in [1.807, 2.05) is 0 Å². The number of hydrogen-bond acceptors (Lipinski definition) is 5. The minimum absolute atomic E-state index is 0.0572. The quantitative estimate of drug-likeness (QED) is 0.905. The Morgan fingerprint density at radius 2 is 1.96 bits per heavy atom. The lowest BCUT2D eigenvalue weighted by Gasteiger charge is -2.18. The van der Waals surface area contributed by atoms with Crippen LogP contribution in [0.25, 0.3) is 0 Å². The molecule has 0 spiro atoms. The van der Waals surface area contributed by atoms with Gasteiger partial charge in [0.25, 0.3) is 0 Å². The Morgan fingerprint density at radius 1 is 1.29 bits per heavy atom. The molecule has 0 radical (unpaired) electrons. The van der Waals surface area contributed by atoms with Crippen LogP contribution in [0.1, 0.15) is 47.3 Å². The van der Waals surface area contributed by atoms with Crippen LogP contribution in [0.4, 0.5) is 13.2 Å². The van der Waals surface area contributed by atoms with E-state index in [4.69, 9.17) is 4.52 Å². The van der Waals surface area contributed by atoms with Crippen molar-refractivity contribution in [2.24, 2.45) is 0 Å². The maximum atomic E-state index is 13.3. The van der Waals surface area contributed by atoms with Crippen LogP contribution >= 0.6 is 0 Å². The number of nitrogens with zero attached hydrogens (tertiary/aromatic N) is 1. The Hall–Kier alpha value is -1.87. The van der Waals surface area contributed by atoms with Crippen LogP contribution in [0.15, 0.2) is 33.8 Å². The van der Waals surface area contributed by atoms with Crippen molar-refractivity contribution in [1.29, 1.82) is 0 Å². The van der Waals surface area contributed by atoms with E-state index in [0.717, 1.165) is 31.2 Å². The third-order valence-corrected chi connectivity index (χ3v) is 5.03. The van der Waals surface area contributed by atoms with Gasteiger partial charge in [-0.05, 0) is 30.5 Å². The van der Waals surface area contributed by atoms with Gasteiger partial charge in [-0.15, -0.1) is 0 Å². The van der Waals surface area contributed by atoms with Gasteiger partial charge in [0.05, 0.1) is 16.7 Å². The first kappa shape index (κ1) is 17.0. The van der Waals surface area contributed by atoms with Crippen LogP contribution in [0.5, 0.6) is 0 Å². The van der Waals surface area contributed by atoms with Crippen molar-refractivity contribution in [3.05, 3.63) is 46.8 Å². The zero-order chi connectivity index (χ0) is 17.7. The van der Waals surface area contributed by atoms with Crippen LogP contribution in [0.3, 0.4) is 0 Å². The molecule has 0 aliphatic heterocycles. The van der Waals surface area contributed by atoms with E-state index in [1.54, 1.807) is 0 Å². The van der Waals surface area contributed by atoms with Crippen molar-refractivity contribution < 1.29 is 31.2 Å². The van der Waals surface area contributed by atoms with Crippen LogP contribution in [-0.2, 0) is 16.0 Å². The number of hydrogen-bond donors (Lipinski definition) is 1. The molecule has 1 atom stereocenters. The van der Waals surface area contributed by atoms with Crippen molar-refractivity contribution >= 4 is 9.84 Å². The summed E-state index contributed by atoms with van der Waals surface area (Å²) in [6.45, 7) is 0. The average molecular weight is 361 g/mol. The first-order valence-electron chi connectivity index (χ1n) is 7.12. The second-order valence-corrected chi connectivity index (χ2v) is 7.86. The summed E-state index contributed by atoms with van der Waals surface area (Å²) in [5, 5.41) is 14.0. The largest absolute Gasteiger partial charge is 0.416 e. The first-order chi connectivity index (χ1) is 11.1. The third kappa shape index (κ3) is 3.18. The number of aliphatic hydroxyl groups excluding tert-OH is 1. The van der Waals surface area contributed by atoms with E-state index in [1.165, 1.54) is 6.20 Å². The average Bonchev–Trinajstić information content (AvgIpc) is 3.21. The van der Waals surface area contributed by atoms with E-state index in [2.05, 4.69) is 5.16 Å². The highest BCUT2D eigenvalue weighted by molar-refractivity contribution is 7.90. The monoisotopic (exact) mass is 361 g/mol. The molecule has 9 heteroatoms. The molecule has 24 heavy (non-hydrogen) atoms. The molecule has 2 aromatic rings. The maximum Gasteiger partial charge on any atom is 0.416 e. The number of aliphatic hydroxyl groups is 1. The van der Waals surface area contributed by atoms with E-state index >= 15 is 0 Å². The highest BCUT2D eigenvalue weighted by atomic mass is 32.2. The minimum atomic E-state index is -4.81. The lowest BCUT2D eigenvalue weighted by atomic mass is 9.96. The Morgan fingerprint density at radius 3 is 2.50 bits per heavy atom. The molecule has 1 aliphatic carbocycles. The number of halogens is 3. The van der Waals surface area contributed by atoms with Gasteiger partial charge in [0, 0.05) is 17.7 Å². The van der Waals surface area contributed by atoms with Gasteiger partial charge in [-0.1, -0.05) is 11.2 Å². The predicted octanol–water partition coefficient (Wildman–Crippen LogP) is 3.06. The zero-order valence-electron chi connectivity index (χ0n) is 12.5. The van der Waals surface area contributed by atoms with Crippen molar-refractivity contribution in [3.63, 3.8) is 0 Å². The maximum absolute atomic E-state index is 13.3. The molecule has 1 aromatic carbocycles. The predicted molar refractivity (Wildman–Crippen MR) is 77.1 cm³/mol. The van der Waals surface area contributed by atoms with Gasteiger partial charge in [-0.2, -0.15) is 13.2 Å². The van der Waals surface area contributed by atoms with Crippen LogP contribution in [0.2, 0.25) is 0 Å². The SMILES string of the molecule is CS(=O)(=O)c1ccc(C(O)c2cnoc2C2CC2)c(C(F)(F)F)c1. The van der Waals surface area contributed by atoms with E-state index < -0.39 is 38.1 Å². The smallest absolute Gasteiger partial charge is 0.383 e. The molecular weight excluding hydrogens is 347 g/mol. The summed E-state index contributed by atoms with van der Waals surface area (Å²) in [7, 11) is -3.81. The van der Waals surface area contributed by atoms with E-state index in [0.29, 0.717) is 11.8 Å². The number of sulfone groups is 1. The minimum Gasteiger partial charge on any atom is -0.383 e. The standard InChI is InChI=1S/C15H14F3NO4S/c1-24(21,22)9-4-5-10(12(6-9)15(16,17)18)13(20)11-7-19-23-14(11)8-2-3-8/h4-8,13,20H,2-3H2,1H3. The lowest BCUT2D eigenvalue weighted by Crippen LogP contribution is -2.14. The molecule has 0 saturated heterocycles. The van der Waals surface area contributed by atoms with Crippen LogP contribution in [-0.4, -0.2) is 24.9 Å². The third-order valence-electron chi connectivity index (χ3n) is 3.92. The summed E-state index contributed by atoms with van der Waals surface area (Å²) < 4.78 is 68.1. The number of alkyl halides is 3. The Bertz CT molecular complexity index is 869. The topological polar surface area (TPSA) is 80.4 Å². The van der Waals surface area contributed by atoms with Crippen LogP contribution in [0, 0.1) is 0 Å². The van der Waals surface area contributed by atoms with Crippen LogP contribution < -0.4 is 0 Å². The summed E-state index contributed by atoms with van der Waals surface area (Å²) in [5.74, 6) is 0.435. The Kier molecular flexibility index (Phi) is 3.95. The summed E-state index contributed by atoms with van der Waals surface area (Å²) >= 11 is 0.